The van der Waals surface area contributed by atoms with Crippen molar-refractivity contribution in [3.05, 3.63) is 0 Å². The number of esters is 3. The predicted molar refractivity (Wildman–Crippen MR) is 356 cm³/mol. The molecule has 3 fully saturated rings. The zero-order valence-corrected chi connectivity index (χ0v) is 59.1. The highest BCUT2D eigenvalue weighted by Crippen LogP contribution is 2.49. The number of phosphoric ester groups is 1. The highest BCUT2D eigenvalue weighted by Gasteiger charge is 2.58. The van der Waals surface area contributed by atoms with Crippen molar-refractivity contribution >= 4 is 25.7 Å². The first kappa shape index (κ1) is 87.2. The van der Waals surface area contributed by atoms with Gasteiger partial charge in [0.2, 0.25) is 0 Å². The molecule has 560 valence electrons. The first-order valence-corrected chi connectivity index (χ1v) is 38.8. The molecule has 24 nitrogen and oxygen atoms in total. The lowest BCUT2D eigenvalue weighted by Crippen LogP contribution is -2.69. The Hall–Kier alpha value is -2.04. The van der Waals surface area contributed by atoms with Crippen LogP contribution in [0.1, 0.15) is 297 Å². The largest absolute Gasteiger partial charge is 0.472 e. The van der Waals surface area contributed by atoms with Crippen molar-refractivity contribution in [2.45, 2.75) is 401 Å². The van der Waals surface area contributed by atoms with E-state index in [9.17, 15) is 74.9 Å². The normalized spacial score (nSPS) is 28.1. The second-order valence-electron chi connectivity index (χ2n) is 27.0. The minimum absolute atomic E-state index is 0.0330. The number of carbonyl (C=O) groups is 3. The number of ether oxygens (including phenoxy) is 7. The second-order valence-corrected chi connectivity index (χ2v) is 28.4. The molecular formula is C70H131O24P. The molecule has 0 aromatic heterocycles. The maximum absolute atomic E-state index is 14.3. The maximum Gasteiger partial charge on any atom is 0.472 e. The Morgan fingerprint density at radius 3 is 1.03 bits per heavy atom. The fourth-order valence-electron chi connectivity index (χ4n) is 12.5. The Morgan fingerprint density at radius 2 is 0.674 bits per heavy atom. The van der Waals surface area contributed by atoms with Crippen molar-refractivity contribution in [2.24, 2.45) is 0 Å². The molecule has 0 amide bonds. The van der Waals surface area contributed by atoms with Gasteiger partial charge in [0.05, 0.1) is 13.2 Å². The van der Waals surface area contributed by atoms with Crippen molar-refractivity contribution in [3.8, 4) is 0 Å². The van der Waals surface area contributed by atoms with Gasteiger partial charge in [-0.3, -0.25) is 23.4 Å². The average molecular weight is 1390 g/mol. The number of rotatable bonds is 58. The predicted octanol–water partition coefficient (Wildman–Crippen LogP) is 9.80. The van der Waals surface area contributed by atoms with Gasteiger partial charge in [0, 0.05) is 19.3 Å². The van der Waals surface area contributed by atoms with Crippen molar-refractivity contribution in [1.82, 2.24) is 0 Å². The number of hydrogen-bond acceptors (Lipinski definition) is 23. The van der Waals surface area contributed by atoms with Gasteiger partial charge in [-0.2, -0.15) is 0 Å². The summed E-state index contributed by atoms with van der Waals surface area (Å²) in [5.41, 5.74) is 0. The SMILES string of the molecule is CCCCCCCCCCCCCCCCCCC(=O)OC(COC(=O)CCCCCCCCCCCCC)COP(=O)(O)OC1C(OC2OC(CO)C(O)C(O)C2O)C(O)C(O)C(O)C1OC1OC(COC(=O)CCCCCCCCCCCCCCC)C(O)C(O)C1O. The molecule has 18 unspecified atom stereocenters. The summed E-state index contributed by atoms with van der Waals surface area (Å²) < 4.78 is 65.0. The number of hydrogen-bond donors (Lipinski definition) is 11. The average Bonchev–Trinajstić information content (AvgIpc) is 0.764. The standard InChI is InChI=1S/C70H131O24P/c1-4-7-10-13-16-19-22-24-25-26-28-31-34-37-40-43-46-56(74)89-51(48-86-54(72)44-41-38-35-32-29-21-18-15-12-9-6-3)49-88-95(84,85)94-68-66(92-69-64(82)59(77)57(75)52(47-71)90-69)62(80)61(79)63(81)67(68)93-70-65(83)60(78)58(76)53(91-70)50-87-55(73)45-42-39-36-33-30-27-23-20-17-14-11-8-5-2/h51-53,57-71,75-83H,4-50H2,1-3H3,(H,84,85). The quantitative estimate of drug-likeness (QED) is 0.0117. The van der Waals surface area contributed by atoms with E-state index in [1.54, 1.807) is 0 Å². The molecule has 0 spiro atoms. The molecule has 1 aliphatic carbocycles. The monoisotopic (exact) mass is 1390 g/mol. The number of unbranched alkanes of at least 4 members (excludes halogenated alkanes) is 37. The van der Waals surface area contributed by atoms with Crippen molar-refractivity contribution < 1.29 is 117 Å². The summed E-state index contributed by atoms with van der Waals surface area (Å²) in [5.74, 6) is -1.98. The minimum Gasteiger partial charge on any atom is -0.463 e. The van der Waals surface area contributed by atoms with Crippen molar-refractivity contribution in [3.63, 3.8) is 0 Å². The van der Waals surface area contributed by atoms with E-state index in [0.29, 0.717) is 19.3 Å². The number of aliphatic hydroxyl groups excluding tert-OH is 10. The van der Waals surface area contributed by atoms with Crippen LogP contribution in [0.2, 0.25) is 0 Å². The molecule has 95 heavy (non-hydrogen) atoms. The van der Waals surface area contributed by atoms with E-state index in [-0.39, 0.29) is 19.3 Å². The molecular weight excluding hydrogens is 1260 g/mol. The molecule has 2 heterocycles. The molecule has 0 aromatic rings. The van der Waals surface area contributed by atoms with Gasteiger partial charge >= 0.3 is 25.7 Å². The van der Waals surface area contributed by atoms with E-state index in [1.807, 2.05) is 0 Å². The lowest BCUT2D eigenvalue weighted by Gasteiger charge is -2.49. The summed E-state index contributed by atoms with van der Waals surface area (Å²) in [7, 11) is -5.69. The molecule has 1 saturated carbocycles. The van der Waals surface area contributed by atoms with Crippen LogP contribution in [-0.4, -0.2) is 204 Å². The van der Waals surface area contributed by atoms with Crippen LogP contribution in [0.4, 0.5) is 0 Å². The molecule has 2 saturated heterocycles. The first-order chi connectivity index (χ1) is 45.8. The van der Waals surface area contributed by atoms with Gasteiger partial charge in [-0.15, -0.1) is 0 Å². The molecule has 0 bridgehead atoms. The van der Waals surface area contributed by atoms with E-state index in [4.69, 9.17) is 42.2 Å². The van der Waals surface area contributed by atoms with Crippen LogP contribution >= 0.6 is 7.82 Å². The Kier molecular flexibility index (Phi) is 48.5. The van der Waals surface area contributed by atoms with Crippen LogP contribution in [0, 0.1) is 0 Å². The van der Waals surface area contributed by atoms with Crippen LogP contribution in [0.15, 0.2) is 0 Å². The summed E-state index contributed by atoms with van der Waals surface area (Å²) >= 11 is 0. The molecule has 0 aromatic carbocycles. The van der Waals surface area contributed by atoms with Crippen LogP contribution in [0.5, 0.6) is 0 Å². The van der Waals surface area contributed by atoms with E-state index in [2.05, 4.69) is 20.8 Å². The molecule has 25 heteroatoms. The first-order valence-electron chi connectivity index (χ1n) is 37.3. The Morgan fingerprint density at radius 1 is 0.368 bits per heavy atom. The Balaban J connectivity index is 1.74. The van der Waals surface area contributed by atoms with Gasteiger partial charge in [-0.05, 0) is 19.3 Å². The van der Waals surface area contributed by atoms with Crippen LogP contribution in [-0.2, 0) is 61.2 Å². The molecule has 0 radical (unpaired) electrons. The number of phosphoric acid groups is 1. The van der Waals surface area contributed by atoms with Crippen molar-refractivity contribution in [1.29, 1.82) is 0 Å². The summed E-state index contributed by atoms with van der Waals surface area (Å²) in [4.78, 5) is 50.9. The molecule has 3 aliphatic rings. The Bertz CT molecular complexity index is 1980. The zero-order chi connectivity index (χ0) is 69.6. The van der Waals surface area contributed by atoms with Crippen LogP contribution in [0.3, 0.4) is 0 Å². The van der Waals surface area contributed by atoms with Gasteiger partial charge in [0.25, 0.3) is 0 Å². The molecule has 2 aliphatic heterocycles. The fraction of sp³-hybridized carbons (Fsp3) is 0.957. The minimum atomic E-state index is -5.69. The third kappa shape index (κ3) is 36.4. The molecule has 11 N–H and O–H groups in total. The topological polar surface area (TPSA) is 374 Å². The van der Waals surface area contributed by atoms with E-state index in [0.717, 1.165) is 96.3 Å². The van der Waals surface area contributed by atoms with Gasteiger partial charge in [0.1, 0.15) is 98.7 Å². The number of aliphatic hydroxyl groups is 10. The lowest BCUT2D eigenvalue weighted by atomic mass is 9.84. The maximum atomic E-state index is 14.3. The van der Waals surface area contributed by atoms with Gasteiger partial charge in [-0.1, -0.05) is 258 Å². The van der Waals surface area contributed by atoms with Gasteiger partial charge in [0.15, 0.2) is 18.7 Å². The van der Waals surface area contributed by atoms with Crippen LogP contribution in [0.25, 0.3) is 0 Å². The summed E-state index contributed by atoms with van der Waals surface area (Å²) in [6, 6.07) is 0. The Labute approximate surface area is 568 Å². The summed E-state index contributed by atoms with van der Waals surface area (Å²) in [6.07, 6.45) is 8.95. The lowest BCUT2D eigenvalue weighted by molar-refractivity contribution is -0.360. The van der Waals surface area contributed by atoms with Gasteiger partial charge < -0.3 is 89.1 Å². The second kappa shape index (κ2) is 52.9. The number of carbonyl (C=O) groups excluding carboxylic acids is 3. The highest BCUT2D eigenvalue weighted by atomic mass is 31.2. The smallest absolute Gasteiger partial charge is 0.463 e. The zero-order valence-electron chi connectivity index (χ0n) is 58.2. The van der Waals surface area contributed by atoms with E-state index >= 15 is 0 Å². The summed E-state index contributed by atoms with van der Waals surface area (Å²) in [5, 5.41) is 110. The third-order valence-corrected chi connectivity index (χ3v) is 19.6. The van der Waals surface area contributed by atoms with E-state index in [1.165, 1.54) is 141 Å². The third-order valence-electron chi connectivity index (χ3n) is 18.6. The molecule has 3 rings (SSSR count). The molecule has 18 atom stereocenters. The fourth-order valence-corrected chi connectivity index (χ4v) is 13.5. The summed E-state index contributed by atoms with van der Waals surface area (Å²) in [6.45, 7) is 3.45. The van der Waals surface area contributed by atoms with Gasteiger partial charge in [-0.25, -0.2) is 4.57 Å². The van der Waals surface area contributed by atoms with Crippen molar-refractivity contribution in [2.75, 3.05) is 26.4 Å². The highest BCUT2D eigenvalue weighted by molar-refractivity contribution is 7.47. The van der Waals surface area contributed by atoms with E-state index < -0.39 is 156 Å². The van der Waals surface area contributed by atoms with Crippen LogP contribution < -0.4 is 0 Å².